The molecular weight excluding hydrogens is 466 g/mol. The summed E-state index contributed by atoms with van der Waals surface area (Å²) in [5, 5.41) is 7.82. The molecule has 0 bridgehead atoms. The first-order valence-corrected chi connectivity index (χ1v) is 12.1. The van der Waals surface area contributed by atoms with Crippen molar-refractivity contribution >= 4 is 24.1 Å². The van der Waals surface area contributed by atoms with E-state index >= 15 is 0 Å². The van der Waals surface area contributed by atoms with Crippen LogP contribution in [0, 0.1) is 0 Å². The Bertz CT molecular complexity index is 861. The first-order valence-electron chi connectivity index (χ1n) is 12.1. The standard InChI is InChI=1S/C26H41N3O7/c1-18(22(31)35-25(2,3)4)28-21(30)20(29-24(33)36-26(5,6)7)15-11-12-16-27-23(32)34-17-19-13-9-8-10-14-19/h8-10,13-14,18,20H,11-12,15-17H2,1-7H3,(H,27,32)(H,28,30)(H,29,33)/t18-,20-/m0/s1. The Morgan fingerprint density at radius 1 is 0.833 bits per heavy atom. The normalized spacial score (nSPS) is 13.1. The molecule has 0 heterocycles. The number of ether oxygens (including phenoxy) is 3. The third-order valence-electron chi connectivity index (χ3n) is 4.53. The van der Waals surface area contributed by atoms with Crippen molar-refractivity contribution in [3.05, 3.63) is 35.9 Å². The summed E-state index contributed by atoms with van der Waals surface area (Å²) < 4.78 is 15.7. The van der Waals surface area contributed by atoms with Crippen LogP contribution < -0.4 is 16.0 Å². The highest BCUT2D eigenvalue weighted by Crippen LogP contribution is 2.10. The van der Waals surface area contributed by atoms with E-state index in [1.54, 1.807) is 41.5 Å². The van der Waals surface area contributed by atoms with Crippen LogP contribution >= 0.6 is 0 Å². The molecule has 10 heteroatoms. The number of carbonyl (C=O) groups excluding carboxylic acids is 4. The molecule has 0 aliphatic heterocycles. The van der Waals surface area contributed by atoms with Gasteiger partial charge in [-0.2, -0.15) is 0 Å². The zero-order chi connectivity index (χ0) is 27.4. The number of rotatable bonds is 11. The summed E-state index contributed by atoms with van der Waals surface area (Å²) in [6.07, 6.45) is 0.0453. The fourth-order valence-corrected chi connectivity index (χ4v) is 2.92. The molecule has 0 aromatic heterocycles. The summed E-state index contributed by atoms with van der Waals surface area (Å²) >= 11 is 0. The van der Waals surface area contributed by atoms with Crippen molar-refractivity contribution in [2.75, 3.05) is 6.54 Å². The highest BCUT2D eigenvalue weighted by atomic mass is 16.6. The van der Waals surface area contributed by atoms with E-state index in [9.17, 15) is 19.2 Å². The first kappa shape index (κ1) is 30.7. The summed E-state index contributed by atoms with van der Waals surface area (Å²) in [7, 11) is 0. The summed E-state index contributed by atoms with van der Waals surface area (Å²) in [4.78, 5) is 49.2. The van der Waals surface area contributed by atoms with Crippen molar-refractivity contribution < 1.29 is 33.4 Å². The molecule has 10 nitrogen and oxygen atoms in total. The number of alkyl carbamates (subject to hydrolysis) is 2. The fraction of sp³-hybridized carbons (Fsp3) is 0.615. The van der Waals surface area contributed by atoms with Crippen molar-refractivity contribution in [1.82, 2.24) is 16.0 Å². The fourth-order valence-electron chi connectivity index (χ4n) is 2.92. The predicted octanol–water partition coefficient (Wildman–Crippen LogP) is 3.82. The van der Waals surface area contributed by atoms with Gasteiger partial charge in [0.25, 0.3) is 0 Å². The number of nitrogens with one attached hydrogen (secondary N) is 3. The lowest BCUT2D eigenvalue weighted by Crippen LogP contribution is -2.52. The van der Waals surface area contributed by atoms with Crippen molar-refractivity contribution in [3.63, 3.8) is 0 Å². The third kappa shape index (κ3) is 14.2. The molecule has 0 saturated carbocycles. The Hall–Kier alpha value is -3.30. The molecule has 0 spiro atoms. The number of hydrogen-bond donors (Lipinski definition) is 3. The number of unbranched alkanes of at least 4 members (excludes halogenated alkanes) is 1. The van der Waals surface area contributed by atoms with Gasteiger partial charge in [-0.3, -0.25) is 4.79 Å². The number of amides is 3. The highest BCUT2D eigenvalue weighted by molar-refractivity contribution is 5.89. The van der Waals surface area contributed by atoms with Crippen LogP contribution in [0.15, 0.2) is 30.3 Å². The Kier molecular flexibility index (Phi) is 12.2. The maximum Gasteiger partial charge on any atom is 0.408 e. The molecule has 0 fully saturated rings. The smallest absolute Gasteiger partial charge is 0.408 e. The molecular formula is C26H41N3O7. The van der Waals surface area contributed by atoms with Crippen LogP contribution in [0.3, 0.4) is 0 Å². The second-order valence-electron chi connectivity index (χ2n) is 10.4. The number of hydrogen-bond acceptors (Lipinski definition) is 7. The molecule has 2 atom stereocenters. The van der Waals surface area contributed by atoms with E-state index in [1.165, 1.54) is 6.92 Å². The summed E-state index contributed by atoms with van der Waals surface area (Å²) in [5.74, 6) is -1.11. The van der Waals surface area contributed by atoms with Gasteiger partial charge < -0.3 is 30.2 Å². The van der Waals surface area contributed by atoms with E-state index in [0.717, 1.165) is 5.56 Å². The van der Waals surface area contributed by atoms with E-state index in [-0.39, 0.29) is 13.0 Å². The maximum absolute atomic E-state index is 12.8. The minimum atomic E-state index is -0.935. The van der Waals surface area contributed by atoms with Crippen molar-refractivity contribution in [1.29, 1.82) is 0 Å². The van der Waals surface area contributed by atoms with Gasteiger partial charge in [-0.1, -0.05) is 30.3 Å². The zero-order valence-corrected chi connectivity index (χ0v) is 22.4. The van der Waals surface area contributed by atoms with Crippen molar-refractivity contribution in [2.24, 2.45) is 0 Å². The molecule has 202 valence electrons. The zero-order valence-electron chi connectivity index (χ0n) is 22.4. The van der Waals surface area contributed by atoms with Crippen LogP contribution in [0.25, 0.3) is 0 Å². The molecule has 3 N–H and O–H groups in total. The van der Waals surface area contributed by atoms with Crippen LogP contribution in [0.4, 0.5) is 9.59 Å². The molecule has 3 amide bonds. The lowest BCUT2D eigenvalue weighted by molar-refractivity contribution is -0.158. The Labute approximate surface area is 213 Å². The van der Waals surface area contributed by atoms with E-state index in [4.69, 9.17) is 14.2 Å². The first-order chi connectivity index (χ1) is 16.7. The largest absolute Gasteiger partial charge is 0.458 e. The molecule has 0 unspecified atom stereocenters. The van der Waals surface area contributed by atoms with Crippen LogP contribution in [0.5, 0.6) is 0 Å². The second kappa shape index (κ2) is 14.3. The summed E-state index contributed by atoms with van der Waals surface area (Å²) in [6, 6.07) is 7.49. The van der Waals surface area contributed by atoms with E-state index in [0.29, 0.717) is 19.4 Å². The number of esters is 1. The van der Waals surface area contributed by atoms with E-state index in [1.807, 2.05) is 30.3 Å². The van der Waals surface area contributed by atoms with Gasteiger partial charge in [0.05, 0.1) is 0 Å². The van der Waals surface area contributed by atoms with Gasteiger partial charge in [0.1, 0.15) is 29.9 Å². The SMILES string of the molecule is C[C@H](NC(=O)[C@H](CCCCNC(=O)OCc1ccccc1)NC(=O)OC(C)(C)C)C(=O)OC(C)(C)C. The van der Waals surface area contributed by atoms with Crippen molar-refractivity contribution in [2.45, 2.75) is 97.6 Å². The number of carbonyl (C=O) groups is 4. The Balaban J connectivity index is 2.56. The topological polar surface area (TPSA) is 132 Å². The summed E-state index contributed by atoms with van der Waals surface area (Å²) in [5.41, 5.74) is -0.548. The highest BCUT2D eigenvalue weighted by Gasteiger charge is 2.28. The molecule has 0 aliphatic carbocycles. The molecule has 1 aromatic carbocycles. The molecule has 0 radical (unpaired) electrons. The van der Waals surface area contributed by atoms with Gasteiger partial charge in [-0.15, -0.1) is 0 Å². The molecule has 1 aromatic rings. The summed E-state index contributed by atoms with van der Waals surface area (Å²) in [6.45, 7) is 12.4. The predicted molar refractivity (Wildman–Crippen MR) is 135 cm³/mol. The average Bonchev–Trinajstić information content (AvgIpc) is 2.74. The maximum atomic E-state index is 12.8. The monoisotopic (exact) mass is 507 g/mol. The van der Waals surface area contributed by atoms with Gasteiger partial charge in [0, 0.05) is 6.54 Å². The van der Waals surface area contributed by atoms with Crippen molar-refractivity contribution in [3.8, 4) is 0 Å². The van der Waals surface area contributed by atoms with E-state index in [2.05, 4.69) is 16.0 Å². The number of benzene rings is 1. The van der Waals surface area contributed by atoms with Crippen LogP contribution in [-0.4, -0.2) is 53.9 Å². The van der Waals surface area contributed by atoms with Gasteiger partial charge in [0.15, 0.2) is 0 Å². The molecule has 36 heavy (non-hydrogen) atoms. The van der Waals surface area contributed by atoms with Gasteiger partial charge >= 0.3 is 18.2 Å². The Morgan fingerprint density at radius 3 is 2.03 bits per heavy atom. The Morgan fingerprint density at radius 2 is 1.44 bits per heavy atom. The van der Waals surface area contributed by atoms with Crippen LogP contribution in [-0.2, 0) is 30.4 Å². The van der Waals surface area contributed by atoms with Crippen LogP contribution in [0.2, 0.25) is 0 Å². The van der Waals surface area contributed by atoms with Crippen LogP contribution in [0.1, 0.15) is 73.3 Å². The quantitative estimate of drug-likeness (QED) is 0.236. The lowest BCUT2D eigenvalue weighted by atomic mass is 10.1. The molecule has 0 aliphatic rings. The average molecular weight is 508 g/mol. The minimum Gasteiger partial charge on any atom is -0.458 e. The minimum absolute atomic E-state index is 0.171. The van der Waals surface area contributed by atoms with Gasteiger partial charge in [0.2, 0.25) is 5.91 Å². The van der Waals surface area contributed by atoms with E-state index < -0.39 is 47.3 Å². The molecule has 0 saturated heterocycles. The second-order valence-corrected chi connectivity index (χ2v) is 10.4. The third-order valence-corrected chi connectivity index (χ3v) is 4.53. The lowest BCUT2D eigenvalue weighted by Gasteiger charge is -2.25. The molecule has 1 rings (SSSR count). The van der Waals surface area contributed by atoms with Gasteiger partial charge in [-0.25, -0.2) is 14.4 Å². The van der Waals surface area contributed by atoms with Gasteiger partial charge in [-0.05, 0) is 73.3 Å².